The predicted octanol–water partition coefficient (Wildman–Crippen LogP) is 8.64. The van der Waals surface area contributed by atoms with Gasteiger partial charge in [0.25, 0.3) is 0 Å². The molecule has 0 radical (unpaired) electrons. The van der Waals surface area contributed by atoms with E-state index in [1.165, 1.54) is 70.1 Å². The number of nitrogens with zero attached hydrogens (tertiary/aromatic N) is 1. The second-order valence-corrected chi connectivity index (χ2v) is 9.68. The summed E-state index contributed by atoms with van der Waals surface area (Å²) < 4.78 is 11.5. The minimum absolute atomic E-state index is 0.737. The normalized spacial score (nSPS) is 14.0. The van der Waals surface area contributed by atoms with E-state index in [1.54, 1.807) is 7.11 Å². The number of fused-ring (bicyclic) bond motifs is 1. The van der Waals surface area contributed by atoms with Crippen molar-refractivity contribution in [2.75, 3.05) is 33.4 Å². The number of hydrogen-bond donors (Lipinski definition) is 0. The smallest absolute Gasteiger partial charge is 0.119 e. The molecular weight excluding hydrogens is 466 g/mol. The van der Waals surface area contributed by atoms with Gasteiger partial charge in [-0.15, -0.1) is 0 Å². The van der Waals surface area contributed by atoms with Crippen LogP contribution in [-0.4, -0.2) is 38.3 Å². The van der Waals surface area contributed by atoms with Crippen LogP contribution in [0.3, 0.4) is 0 Å². The van der Waals surface area contributed by atoms with Crippen molar-refractivity contribution in [1.82, 2.24) is 4.90 Å². The highest BCUT2D eigenvalue weighted by Gasteiger charge is 2.15. The molecule has 3 nitrogen and oxygen atoms in total. The number of hydrogen-bond acceptors (Lipinski definition) is 3. The van der Waals surface area contributed by atoms with Crippen LogP contribution >= 0.6 is 0 Å². The molecule has 198 valence electrons. The maximum absolute atomic E-state index is 6.06. The Hall–Kier alpha value is -3.56. The third kappa shape index (κ3) is 6.46. The zero-order valence-corrected chi connectivity index (χ0v) is 23.6. The molecule has 1 aliphatic heterocycles. The van der Waals surface area contributed by atoms with Gasteiger partial charge in [0, 0.05) is 6.54 Å². The third-order valence-electron chi connectivity index (χ3n) is 7.22. The second-order valence-electron chi connectivity index (χ2n) is 9.68. The number of allylic oxidation sites excluding steroid dienone is 1. The van der Waals surface area contributed by atoms with Crippen LogP contribution in [0.2, 0.25) is 0 Å². The fourth-order valence-corrected chi connectivity index (χ4v) is 5.20. The van der Waals surface area contributed by atoms with E-state index in [0.29, 0.717) is 0 Å². The van der Waals surface area contributed by atoms with Crippen molar-refractivity contribution in [1.29, 1.82) is 0 Å². The van der Waals surface area contributed by atoms with Gasteiger partial charge in [-0.25, -0.2) is 0 Å². The second kappa shape index (κ2) is 13.3. The molecule has 0 aliphatic carbocycles. The molecule has 4 aromatic rings. The monoisotopic (exact) mass is 507 g/mol. The van der Waals surface area contributed by atoms with Gasteiger partial charge in [0.15, 0.2) is 0 Å². The van der Waals surface area contributed by atoms with E-state index in [2.05, 4.69) is 91.5 Å². The van der Waals surface area contributed by atoms with Gasteiger partial charge >= 0.3 is 0 Å². The predicted molar refractivity (Wildman–Crippen MR) is 162 cm³/mol. The molecule has 0 amide bonds. The van der Waals surface area contributed by atoms with Gasteiger partial charge in [-0.2, -0.15) is 0 Å². The average molecular weight is 508 g/mol. The van der Waals surface area contributed by atoms with E-state index in [9.17, 15) is 0 Å². The Morgan fingerprint density at radius 3 is 2.13 bits per heavy atom. The Balaban J connectivity index is 0.00000164. The summed E-state index contributed by atoms with van der Waals surface area (Å²) in [4.78, 5) is 2.48. The SMILES string of the molecule is CC.COc1ccc(/C(=C(/C)c2ccc(OCCN3CCCC3)cc2)c2cccc3cc(C)ccc23)cc1. The Labute approximate surface area is 228 Å². The molecular formula is C35H41NO2. The summed E-state index contributed by atoms with van der Waals surface area (Å²) >= 11 is 0. The van der Waals surface area contributed by atoms with Crippen molar-refractivity contribution in [2.24, 2.45) is 0 Å². The minimum atomic E-state index is 0.737. The molecule has 0 N–H and O–H groups in total. The fraction of sp³-hybridized carbons (Fsp3) is 0.314. The molecule has 38 heavy (non-hydrogen) atoms. The van der Waals surface area contributed by atoms with E-state index in [1.807, 2.05) is 26.0 Å². The molecule has 1 aliphatic rings. The largest absolute Gasteiger partial charge is 0.497 e. The molecule has 0 spiro atoms. The number of rotatable bonds is 8. The summed E-state index contributed by atoms with van der Waals surface area (Å²) in [6, 6.07) is 30.2. The van der Waals surface area contributed by atoms with Crippen LogP contribution in [0, 0.1) is 6.92 Å². The zero-order chi connectivity index (χ0) is 26.9. The van der Waals surface area contributed by atoms with Crippen molar-refractivity contribution in [3.8, 4) is 11.5 Å². The molecule has 1 saturated heterocycles. The Kier molecular flexibility index (Phi) is 9.62. The van der Waals surface area contributed by atoms with Crippen LogP contribution in [0.25, 0.3) is 21.9 Å². The molecule has 1 heterocycles. The quantitative estimate of drug-likeness (QED) is 0.223. The van der Waals surface area contributed by atoms with Crippen LogP contribution in [0.5, 0.6) is 11.5 Å². The van der Waals surface area contributed by atoms with E-state index in [0.717, 1.165) is 24.7 Å². The number of likely N-dealkylation sites (tertiary alicyclic amines) is 1. The number of methoxy groups -OCH3 is 1. The Bertz CT molecular complexity index is 1350. The fourth-order valence-electron chi connectivity index (χ4n) is 5.20. The lowest BCUT2D eigenvalue weighted by Crippen LogP contribution is -2.25. The van der Waals surface area contributed by atoms with Gasteiger partial charge in [-0.3, -0.25) is 4.90 Å². The lowest BCUT2D eigenvalue weighted by atomic mass is 9.87. The summed E-state index contributed by atoms with van der Waals surface area (Å²) in [5, 5.41) is 2.52. The summed E-state index contributed by atoms with van der Waals surface area (Å²) in [5.41, 5.74) is 7.34. The first-order valence-corrected chi connectivity index (χ1v) is 13.9. The molecule has 0 bridgehead atoms. The summed E-state index contributed by atoms with van der Waals surface area (Å²) in [6.45, 7) is 12.5. The zero-order valence-electron chi connectivity index (χ0n) is 23.6. The Morgan fingerprint density at radius 1 is 0.789 bits per heavy atom. The van der Waals surface area contributed by atoms with Gasteiger partial charge < -0.3 is 9.47 Å². The summed E-state index contributed by atoms with van der Waals surface area (Å²) in [5.74, 6) is 1.79. The highest BCUT2D eigenvalue weighted by Crippen LogP contribution is 2.37. The van der Waals surface area contributed by atoms with Crippen LogP contribution in [0.1, 0.15) is 55.9 Å². The molecule has 1 fully saturated rings. The third-order valence-corrected chi connectivity index (χ3v) is 7.22. The molecule has 5 rings (SSSR count). The van der Waals surface area contributed by atoms with E-state index < -0.39 is 0 Å². The average Bonchev–Trinajstić information content (AvgIpc) is 3.48. The lowest BCUT2D eigenvalue weighted by Gasteiger charge is -2.18. The molecule has 0 unspecified atom stereocenters. The lowest BCUT2D eigenvalue weighted by molar-refractivity contribution is 0.238. The maximum atomic E-state index is 6.06. The van der Waals surface area contributed by atoms with Gasteiger partial charge in [-0.1, -0.05) is 80.1 Å². The highest BCUT2D eigenvalue weighted by atomic mass is 16.5. The number of benzene rings is 4. The summed E-state index contributed by atoms with van der Waals surface area (Å²) in [6.07, 6.45) is 2.63. The van der Waals surface area contributed by atoms with Crippen molar-refractivity contribution >= 4 is 21.9 Å². The molecule has 3 heteroatoms. The van der Waals surface area contributed by atoms with Gasteiger partial charge in [0.05, 0.1) is 7.11 Å². The van der Waals surface area contributed by atoms with Crippen molar-refractivity contribution in [3.63, 3.8) is 0 Å². The maximum Gasteiger partial charge on any atom is 0.119 e. The topological polar surface area (TPSA) is 21.7 Å². The molecule has 0 aromatic heterocycles. The molecule has 0 saturated carbocycles. The van der Waals surface area contributed by atoms with E-state index in [-0.39, 0.29) is 0 Å². The van der Waals surface area contributed by atoms with Crippen LogP contribution < -0.4 is 9.47 Å². The highest BCUT2D eigenvalue weighted by molar-refractivity contribution is 6.06. The number of ether oxygens (including phenoxy) is 2. The Morgan fingerprint density at radius 2 is 1.45 bits per heavy atom. The summed E-state index contributed by atoms with van der Waals surface area (Å²) in [7, 11) is 1.71. The van der Waals surface area contributed by atoms with Crippen molar-refractivity contribution in [3.05, 3.63) is 107 Å². The van der Waals surface area contributed by atoms with Gasteiger partial charge in [0.1, 0.15) is 18.1 Å². The van der Waals surface area contributed by atoms with Crippen LogP contribution in [-0.2, 0) is 0 Å². The van der Waals surface area contributed by atoms with Gasteiger partial charge in [0.2, 0.25) is 0 Å². The van der Waals surface area contributed by atoms with Crippen molar-refractivity contribution in [2.45, 2.75) is 40.5 Å². The first-order valence-electron chi connectivity index (χ1n) is 13.9. The van der Waals surface area contributed by atoms with Crippen molar-refractivity contribution < 1.29 is 9.47 Å². The van der Waals surface area contributed by atoms with E-state index >= 15 is 0 Å². The molecule has 4 aromatic carbocycles. The van der Waals surface area contributed by atoms with E-state index in [4.69, 9.17) is 9.47 Å². The first-order chi connectivity index (χ1) is 18.6. The van der Waals surface area contributed by atoms with Gasteiger partial charge in [-0.05, 0) is 103 Å². The minimum Gasteiger partial charge on any atom is -0.497 e. The standard InChI is InChI=1S/C33H35NO2.C2H6/c1-24-9-18-31-28(23-24)7-6-8-32(31)33(27-12-14-29(35-3)15-13-27)25(2)26-10-16-30(17-11-26)36-22-21-34-19-4-5-20-34;1-2/h6-18,23H,4-5,19-22H2,1-3H3;1-2H3/b33-25+;. The van der Waals surface area contributed by atoms with Crippen LogP contribution in [0.15, 0.2) is 84.9 Å². The first kappa shape index (κ1) is 27.5. The van der Waals surface area contributed by atoms with Crippen LogP contribution in [0.4, 0.5) is 0 Å². The molecule has 0 atom stereocenters. The number of aryl methyl sites for hydroxylation is 1.